The van der Waals surface area contributed by atoms with E-state index in [2.05, 4.69) is 30.6 Å². The van der Waals surface area contributed by atoms with Crippen molar-refractivity contribution in [1.82, 2.24) is 0 Å². The van der Waals surface area contributed by atoms with Gasteiger partial charge in [-0.05, 0) is 77.4 Å². The van der Waals surface area contributed by atoms with Gasteiger partial charge in [0.1, 0.15) is 11.5 Å². The van der Waals surface area contributed by atoms with E-state index in [1.165, 1.54) is 70.6 Å². The van der Waals surface area contributed by atoms with E-state index >= 15 is 0 Å². The largest absolute Gasteiger partial charge is 0.494 e. The molecule has 0 aliphatic heterocycles. The molecule has 0 unspecified atom stereocenters. The predicted molar refractivity (Wildman–Crippen MR) is 183 cm³/mol. The minimum absolute atomic E-state index is 0.398. The standard InChI is InChI=1S/C38H45NO3S/c1-2-3-4-5-6-7-8-9-10-11-12-15-28-41-33-25-20-32(21-26-33)38(40)42-34-23-18-30(19-24-34)29-39-36-27-22-31-16-13-14-17-35(31)37(36)43/h13-14,16-27,29,43H,2-12,15,28H2,1H3. The topological polar surface area (TPSA) is 47.9 Å². The van der Waals surface area contributed by atoms with Crippen LogP contribution < -0.4 is 9.47 Å². The number of ether oxygens (including phenoxy) is 2. The molecule has 0 spiro atoms. The van der Waals surface area contributed by atoms with Crippen molar-refractivity contribution in [3.05, 3.63) is 96.1 Å². The Bertz CT molecular complexity index is 1430. The first kappa shape index (κ1) is 32.3. The van der Waals surface area contributed by atoms with Crippen LogP contribution in [0.2, 0.25) is 0 Å². The molecule has 0 fully saturated rings. The number of hydrogen-bond acceptors (Lipinski definition) is 5. The van der Waals surface area contributed by atoms with Crippen LogP contribution in [-0.2, 0) is 0 Å². The van der Waals surface area contributed by atoms with Gasteiger partial charge in [-0.3, -0.25) is 4.99 Å². The Morgan fingerprint density at radius 1 is 0.698 bits per heavy atom. The molecule has 0 aliphatic carbocycles. The predicted octanol–water partition coefficient (Wildman–Crippen LogP) is 11.2. The molecule has 4 aromatic rings. The number of carbonyl (C=O) groups is 1. The van der Waals surface area contributed by atoms with Gasteiger partial charge in [0.05, 0.1) is 17.9 Å². The van der Waals surface area contributed by atoms with Gasteiger partial charge >= 0.3 is 5.97 Å². The van der Waals surface area contributed by atoms with Crippen molar-refractivity contribution in [1.29, 1.82) is 0 Å². The number of carbonyl (C=O) groups excluding carboxylic acids is 1. The van der Waals surface area contributed by atoms with Gasteiger partial charge in [0.2, 0.25) is 0 Å². The van der Waals surface area contributed by atoms with Gasteiger partial charge in [0.25, 0.3) is 0 Å². The number of aliphatic imine (C=N–C) groups is 1. The first-order chi connectivity index (χ1) is 21.1. The van der Waals surface area contributed by atoms with Crippen LogP contribution in [0.25, 0.3) is 10.8 Å². The Morgan fingerprint density at radius 3 is 1.98 bits per heavy atom. The molecule has 0 radical (unpaired) electrons. The van der Waals surface area contributed by atoms with Crippen LogP contribution in [0.3, 0.4) is 0 Å². The number of rotatable bonds is 18. The molecular weight excluding hydrogens is 550 g/mol. The molecule has 0 N–H and O–H groups in total. The Hall–Kier alpha value is -3.57. The molecule has 4 aromatic carbocycles. The van der Waals surface area contributed by atoms with Crippen LogP contribution in [0.4, 0.5) is 5.69 Å². The fourth-order valence-corrected chi connectivity index (χ4v) is 5.44. The highest BCUT2D eigenvalue weighted by molar-refractivity contribution is 7.80. The second-order valence-corrected chi connectivity index (χ2v) is 11.6. The van der Waals surface area contributed by atoms with Gasteiger partial charge in [-0.15, -0.1) is 12.6 Å². The van der Waals surface area contributed by atoms with Crippen molar-refractivity contribution in [3.63, 3.8) is 0 Å². The second kappa shape index (κ2) is 18.2. The van der Waals surface area contributed by atoms with Crippen LogP contribution in [0.1, 0.15) is 99.9 Å². The van der Waals surface area contributed by atoms with Crippen LogP contribution in [-0.4, -0.2) is 18.8 Å². The Morgan fingerprint density at radius 2 is 1.30 bits per heavy atom. The molecule has 0 atom stereocenters. The minimum Gasteiger partial charge on any atom is -0.494 e. The van der Waals surface area contributed by atoms with Crippen molar-refractivity contribution in [2.24, 2.45) is 4.99 Å². The van der Waals surface area contributed by atoms with E-state index in [4.69, 9.17) is 9.47 Å². The fraction of sp³-hybridized carbons (Fsp3) is 0.368. The Labute approximate surface area is 263 Å². The van der Waals surface area contributed by atoms with Crippen molar-refractivity contribution in [2.45, 2.75) is 88.9 Å². The fourth-order valence-electron chi connectivity index (χ4n) is 5.10. The van der Waals surface area contributed by atoms with E-state index in [0.29, 0.717) is 17.9 Å². The summed E-state index contributed by atoms with van der Waals surface area (Å²) in [6.07, 6.45) is 17.7. The lowest BCUT2D eigenvalue weighted by atomic mass is 10.1. The number of nitrogens with zero attached hydrogens (tertiary/aromatic N) is 1. The van der Waals surface area contributed by atoms with Gasteiger partial charge in [0.15, 0.2) is 0 Å². The quantitative estimate of drug-likeness (QED) is 0.0409. The zero-order valence-electron chi connectivity index (χ0n) is 25.5. The smallest absolute Gasteiger partial charge is 0.343 e. The van der Waals surface area contributed by atoms with E-state index in [9.17, 15) is 4.79 Å². The Balaban J connectivity index is 1.13. The molecule has 43 heavy (non-hydrogen) atoms. The summed E-state index contributed by atoms with van der Waals surface area (Å²) in [4.78, 5) is 18.1. The summed E-state index contributed by atoms with van der Waals surface area (Å²) < 4.78 is 11.4. The third-order valence-electron chi connectivity index (χ3n) is 7.68. The number of unbranched alkanes of at least 4 members (excludes halogenated alkanes) is 11. The number of benzene rings is 4. The van der Waals surface area contributed by atoms with E-state index in [0.717, 1.165) is 39.1 Å². The summed E-state index contributed by atoms with van der Waals surface area (Å²) >= 11 is 4.68. The van der Waals surface area contributed by atoms with Crippen molar-refractivity contribution >= 4 is 41.3 Å². The highest BCUT2D eigenvalue weighted by atomic mass is 32.1. The second-order valence-electron chi connectivity index (χ2n) is 11.1. The SMILES string of the molecule is CCCCCCCCCCCCCCOc1ccc(C(=O)Oc2ccc(C=Nc3ccc4ccccc4c3S)cc2)cc1. The molecule has 0 saturated carbocycles. The van der Waals surface area contributed by atoms with Crippen molar-refractivity contribution < 1.29 is 14.3 Å². The van der Waals surface area contributed by atoms with Crippen molar-refractivity contribution in [3.8, 4) is 11.5 Å². The summed E-state index contributed by atoms with van der Waals surface area (Å²) in [5.41, 5.74) is 2.19. The number of esters is 1. The number of thiol groups is 1. The molecule has 226 valence electrons. The molecule has 4 rings (SSSR count). The van der Waals surface area contributed by atoms with Crippen LogP contribution >= 0.6 is 12.6 Å². The monoisotopic (exact) mass is 595 g/mol. The van der Waals surface area contributed by atoms with E-state index in [-0.39, 0.29) is 0 Å². The first-order valence-electron chi connectivity index (χ1n) is 15.9. The summed E-state index contributed by atoms with van der Waals surface area (Å²) in [7, 11) is 0. The van der Waals surface area contributed by atoms with Crippen LogP contribution in [0.15, 0.2) is 94.8 Å². The summed E-state index contributed by atoms with van der Waals surface area (Å²) in [5, 5.41) is 2.21. The number of fused-ring (bicyclic) bond motifs is 1. The van der Waals surface area contributed by atoms with Gasteiger partial charge in [-0.1, -0.05) is 108 Å². The van der Waals surface area contributed by atoms with E-state index in [1.807, 2.05) is 54.6 Å². The molecule has 0 bridgehead atoms. The molecule has 5 heteroatoms. The molecule has 4 nitrogen and oxygen atoms in total. The first-order valence-corrected chi connectivity index (χ1v) is 16.4. The van der Waals surface area contributed by atoms with Crippen LogP contribution in [0, 0.1) is 0 Å². The van der Waals surface area contributed by atoms with Gasteiger partial charge in [0, 0.05) is 11.1 Å². The lowest BCUT2D eigenvalue weighted by molar-refractivity contribution is 0.0734. The molecular formula is C38H45NO3S. The van der Waals surface area contributed by atoms with Gasteiger partial charge in [-0.2, -0.15) is 0 Å². The maximum absolute atomic E-state index is 12.7. The molecule has 0 saturated heterocycles. The Kier molecular flexibility index (Phi) is 13.7. The van der Waals surface area contributed by atoms with E-state index < -0.39 is 5.97 Å². The summed E-state index contributed by atoms with van der Waals surface area (Å²) in [6.45, 7) is 2.97. The average molecular weight is 596 g/mol. The third kappa shape index (κ3) is 10.9. The lowest BCUT2D eigenvalue weighted by Gasteiger charge is -2.08. The maximum Gasteiger partial charge on any atom is 0.343 e. The maximum atomic E-state index is 12.7. The van der Waals surface area contributed by atoms with E-state index in [1.54, 1.807) is 30.5 Å². The van der Waals surface area contributed by atoms with Gasteiger partial charge in [-0.25, -0.2) is 4.79 Å². The zero-order chi connectivity index (χ0) is 30.1. The van der Waals surface area contributed by atoms with Gasteiger partial charge < -0.3 is 9.47 Å². The molecule has 0 heterocycles. The summed E-state index contributed by atoms with van der Waals surface area (Å²) in [5.74, 6) is 0.860. The minimum atomic E-state index is -0.398. The number of hydrogen-bond donors (Lipinski definition) is 1. The van der Waals surface area contributed by atoms with Crippen molar-refractivity contribution in [2.75, 3.05) is 6.61 Å². The van der Waals surface area contributed by atoms with Crippen LogP contribution in [0.5, 0.6) is 11.5 Å². The zero-order valence-corrected chi connectivity index (χ0v) is 26.4. The average Bonchev–Trinajstić information content (AvgIpc) is 3.04. The molecule has 0 aliphatic rings. The highest BCUT2D eigenvalue weighted by Crippen LogP contribution is 2.31. The molecule has 0 aromatic heterocycles. The highest BCUT2D eigenvalue weighted by Gasteiger charge is 2.09. The normalized spacial score (nSPS) is 11.3. The summed E-state index contributed by atoms with van der Waals surface area (Å²) in [6, 6.07) is 26.6. The lowest BCUT2D eigenvalue weighted by Crippen LogP contribution is -2.08. The third-order valence-corrected chi connectivity index (χ3v) is 8.15. The molecule has 0 amide bonds.